The fourth-order valence-corrected chi connectivity index (χ4v) is 2.77. The van der Waals surface area contributed by atoms with E-state index in [0.717, 1.165) is 5.56 Å². The Morgan fingerprint density at radius 1 is 1.19 bits per heavy atom. The van der Waals surface area contributed by atoms with Gasteiger partial charge in [-0.25, -0.2) is 4.98 Å². The number of para-hydroxylation sites is 1. The van der Waals surface area contributed by atoms with E-state index in [1.54, 1.807) is 36.2 Å². The normalized spacial score (nSPS) is 12.2. The summed E-state index contributed by atoms with van der Waals surface area (Å²) in [5.74, 6) is 0.750. The van der Waals surface area contributed by atoms with Crippen LogP contribution < -0.4 is 0 Å². The first kappa shape index (κ1) is 13.6. The molecule has 0 bridgehead atoms. The van der Waals surface area contributed by atoms with Gasteiger partial charge in [-0.1, -0.05) is 30.0 Å². The number of aromatic nitrogens is 4. The van der Waals surface area contributed by atoms with Crippen molar-refractivity contribution in [3.05, 3.63) is 54.4 Å². The Balaban J connectivity index is 1.78. The predicted molar refractivity (Wildman–Crippen MR) is 82.0 cm³/mol. The van der Waals surface area contributed by atoms with Crippen molar-refractivity contribution in [3.8, 4) is 17.1 Å². The third-order valence-corrected chi connectivity index (χ3v) is 4.08. The van der Waals surface area contributed by atoms with Gasteiger partial charge in [-0.15, -0.1) is 5.10 Å². The van der Waals surface area contributed by atoms with Crippen LogP contribution in [0.3, 0.4) is 0 Å². The molecule has 0 amide bonds. The van der Waals surface area contributed by atoms with Gasteiger partial charge in [0.15, 0.2) is 5.82 Å². The maximum atomic E-state index is 9.83. The van der Waals surface area contributed by atoms with Crippen LogP contribution >= 0.6 is 11.8 Å². The number of nitrogens with zero attached hydrogens (tertiary/aromatic N) is 3. The molecule has 0 spiro atoms. The highest BCUT2D eigenvalue weighted by atomic mass is 32.2. The second-order valence-corrected chi connectivity index (χ2v) is 5.84. The van der Waals surface area contributed by atoms with Crippen LogP contribution in [0.2, 0.25) is 0 Å². The van der Waals surface area contributed by atoms with E-state index < -0.39 is 0 Å². The molecule has 2 N–H and O–H groups in total. The van der Waals surface area contributed by atoms with Gasteiger partial charge in [0, 0.05) is 17.6 Å². The van der Waals surface area contributed by atoms with E-state index in [-0.39, 0.29) is 11.0 Å². The van der Waals surface area contributed by atoms with Crippen LogP contribution in [0.5, 0.6) is 5.75 Å². The Hall–Kier alpha value is -2.34. The van der Waals surface area contributed by atoms with E-state index in [1.165, 1.54) is 0 Å². The molecule has 6 heteroatoms. The van der Waals surface area contributed by atoms with Gasteiger partial charge < -0.3 is 5.11 Å². The van der Waals surface area contributed by atoms with Crippen LogP contribution in [-0.4, -0.2) is 25.3 Å². The van der Waals surface area contributed by atoms with E-state index in [1.807, 2.05) is 24.4 Å². The number of aromatic amines is 1. The molecule has 2 heterocycles. The van der Waals surface area contributed by atoms with E-state index in [0.29, 0.717) is 16.5 Å². The molecule has 106 valence electrons. The number of phenols is 1. The summed E-state index contributed by atoms with van der Waals surface area (Å²) >= 11 is 1.54. The summed E-state index contributed by atoms with van der Waals surface area (Å²) in [7, 11) is 0. The third kappa shape index (κ3) is 3.05. The minimum Gasteiger partial charge on any atom is -0.507 e. The first-order chi connectivity index (χ1) is 10.2. The van der Waals surface area contributed by atoms with Gasteiger partial charge in [-0.2, -0.15) is 0 Å². The average Bonchev–Trinajstić information content (AvgIpc) is 2.97. The van der Waals surface area contributed by atoms with Crippen LogP contribution in [0.1, 0.15) is 17.7 Å². The number of phenolic OH excluding ortho intramolecular Hbond substituents is 1. The summed E-state index contributed by atoms with van der Waals surface area (Å²) in [4.78, 5) is 8.54. The number of rotatable bonds is 4. The quantitative estimate of drug-likeness (QED) is 0.722. The average molecular weight is 298 g/mol. The number of nitrogens with one attached hydrogen (secondary N) is 1. The highest BCUT2D eigenvalue weighted by Crippen LogP contribution is 2.33. The predicted octanol–water partition coefficient (Wildman–Crippen LogP) is 3.43. The molecule has 0 fully saturated rings. The third-order valence-electron chi connectivity index (χ3n) is 3.06. The Morgan fingerprint density at radius 2 is 2.05 bits per heavy atom. The van der Waals surface area contributed by atoms with Gasteiger partial charge in [0.2, 0.25) is 5.16 Å². The van der Waals surface area contributed by atoms with Crippen molar-refractivity contribution in [2.45, 2.75) is 17.3 Å². The van der Waals surface area contributed by atoms with Crippen molar-refractivity contribution in [3.63, 3.8) is 0 Å². The number of benzene rings is 1. The van der Waals surface area contributed by atoms with Crippen LogP contribution in [0.4, 0.5) is 0 Å². The molecule has 0 aliphatic rings. The van der Waals surface area contributed by atoms with Crippen molar-refractivity contribution < 1.29 is 5.11 Å². The minimum absolute atomic E-state index is 0.186. The number of H-pyrrole nitrogens is 1. The Labute approximate surface area is 126 Å². The molecule has 1 unspecified atom stereocenters. The highest BCUT2D eigenvalue weighted by molar-refractivity contribution is 7.99. The van der Waals surface area contributed by atoms with Gasteiger partial charge >= 0.3 is 0 Å². The molecule has 1 atom stereocenters. The lowest BCUT2D eigenvalue weighted by Crippen LogP contribution is -1.89. The summed E-state index contributed by atoms with van der Waals surface area (Å²) in [6.45, 7) is 2.08. The molecule has 0 aliphatic heterocycles. The second kappa shape index (κ2) is 5.97. The molecule has 0 saturated heterocycles. The number of pyridine rings is 1. The molecule has 0 radical (unpaired) electrons. The van der Waals surface area contributed by atoms with E-state index in [4.69, 9.17) is 0 Å². The van der Waals surface area contributed by atoms with Crippen LogP contribution in [-0.2, 0) is 0 Å². The largest absolute Gasteiger partial charge is 0.507 e. The Kier molecular flexibility index (Phi) is 3.87. The van der Waals surface area contributed by atoms with Crippen molar-refractivity contribution in [2.75, 3.05) is 0 Å². The molecule has 21 heavy (non-hydrogen) atoms. The van der Waals surface area contributed by atoms with Crippen molar-refractivity contribution in [1.29, 1.82) is 0 Å². The molecule has 0 saturated carbocycles. The molecule has 5 nitrogen and oxygen atoms in total. The summed E-state index contributed by atoms with van der Waals surface area (Å²) in [6.07, 6.45) is 3.60. The van der Waals surface area contributed by atoms with E-state index >= 15 is 0 Å². The molecule has 3 rings (SSSR count). The van der Waals surface area contributed by atoms with Crippen molar-refractivity contribution in [1.82, 2.24) is 20.2 Å². The number of hydrogen-bond acceptors (Lipinski definition) is 5. The molecule has 3 aromatic rings. The molecular weight excluding hydrogens is 284 g/mol. The van der Waals surface area contributed by atoms with Crippen LogP contribution in [0, 0.1) is 0 Å². The van der Waals surface area contributed by atoms with Gasteiger partial charge in [0.25, 0.3) is 0 Å². The van der Waals surface area contributed by atoms with Crippen molar-refractivity contribution >= 4 is 11.8 Å². The maximum Gasteiger partial charge on any atom is 0.209 e. The zero-order valence-electron chi connectivity index (χ0n) is 11.4. The highest BCUT2D eigenvalue weighted by Gasteiger charge is 2.13. The molecular formula is C15H14N4OS. The number of aromatic hydroxyl groups is 1. The molecule has 1 aromatic carbocycles. The van der Waals surface area contributed by atoms with Crippen molar-refractivity contribution in [2.24, 2.45) is 0 Å². The Morgan fingerprint density at radius 3 is 2.81 bits per heavy atom. The fourth-order valence-electron chi connectivity index (χ4n) is 1.94. The summed E-state index contributed by atoms with van der Waals surface area (Å²) in [5.41, 5.74) is 1.77. The van der Waals surface area contributed by atoms with Gasteiger partial charge in [-0.3, -0.25) is 10.1 Å². The number of thioether (sulfide) groups is 1. The molecule has 0 aliphatic carbocycles. The summed E-state index contributed by atoms with van der Waals surface area (Å²) in [5, 5.41) is 17.7. The monoisotopic (exact) mass is 298 g/mol. The zero-order chi connectivity index (χ0) is 14.7. The first-order valence-electron chi connectivity index (χ1n) is 6.51. The SMILES string of the molecule is CC(Sc1n[nH]c(-c2ccccc2O)n1)c1cccnc1. The topological polar surface area (TPSA) is 74.7 Å². The second-order valence-electron chi connectivity index (χ2n) is 4.53. The van der Waals surface area contributed by atoms with E-state index in [2.05, 4.69) is 27.1 Å². The minimum atomic E-state index is 0.186. The molecule has 2 aromatic heterocycles. The maximum absolute atomic E-state index is 9.83. The summed E-state index contributed by atoms with van der Waals surface area (Å²) < 4.78 is 0. The van der Waals surface area contributed by atoms with Gasteiger partial charge in [0.05, 0.1) is 5.56 Å². The first-order valence-corrected chi connectivity index (χ1v) is 7.39. The lowest BCUT2D eigenvalue weighted by molar-refractivity contribution is 0.477. The smallest absolute Gasteiger partial charge is 0.209 e. The van der Waals surface area contributed by atoms with Gasteiger partial charge in [0.1, 0.15) is 5.75 Å². The lowest BCUT2D eigenvalue weighted by atomic mass is 10.2. The van der Waals surface area contributed by atoms with Gasteiger partial charge in [-0.05, 0) is 30.7 Å². The van der Waals surface area contributed by atoms with Crippen LogP contribution in [0.25, 0.3) is 11.4 Å². The zero-order valence-corrected chi connectivity index (χ0v) is 12.2. The Bertz CT molecular complexity index is 729. The van der Waals surface area contributed by atoms with E-state index in [9.17, 15) is 5.11 Å². The summed E-state index contributed by atoms with van der Waals surface area (Å²) in [6, 6.07) is 11.0. The standard InChI is InChI=1S/C15H14N4OS/c1-10(11-5-4-8-16-9-11)21-15-17-14(18-19-15)12-6-2-3-7-13(12)20/h2-10,20H,1H3,(H,17,18,19). The number of hydrogen-bond donors (Lipinski definition) is 2. The fraction of sp³-hybridized carbons (Fsp3) is 0.133. The lowest BCUT2D eigenvalue weighted by Gasteiger charge is -2.07. The van der Waals surface area contributed by atoms with Crippen LogP contribution in [0.15, 0.2) is 53.9 Å².